The minimum atomic E-state index is -4.61. The summed E-state index contributed by atoms with van der Waals surface area (Å²) in [5.41, 5.74) is 0. The monoisotopic (exact) mass is 985 g/mol. The topological polar surface area (TPSA) is 186 Å². The molecule has 0 aromatic rings. The number of rotatable bonds is 47. The Morgan fingerprint density at radius 3 is 1.31 bits per heavy atom. The van der Waals surface area contributed by atoms with Gasteiger partial charge in [0.2, 0.25) is 0 Å². The molecule has 0 saturated carbocycles. The summed E-state index contributed by atoms with van der Waals surface area (Å²) >= 11 is 0. The zero-order valence-electron chi connectivity index (χ0n) is 43.0. The van der Waals surface area contributed by atoms with Crippen molar-refractivity contribution >= 4 is 22.1 Å². The van der Waals surface area contributed by atoms with Crippen LogP contribution < -0.4 is 0 Å². The van der Waals surface area contributed by atoms with Crippen molar-refractivity contribution in [1.82, 2.24) is 0 Å². The second-order valence-corrected chi connectivity index (χ2v) is 20.7. The second-order valence-electron chi connectivity index (χ2n) is 19.2. The Morgan fingerprint density at radius 2 is 0.882 bits per heavy atom. The fraction of sp³-hybridized carbons (Fsp3) is 0.855. The average Bonchev–Trinajstić information content (AvgIpc) is 3.31. The maximum atomic E-state index is 12.9. The van der Waals surface area contributed by atoms with Crippen LogP contribution in [0.5, 0.6) is 0 Å². The van der Waals surface area contributed by atoms with E-state index in [1.165, 1.54) is 148 Å². The van der Waals surface area contributed by atoms with E-state index < -0.39 is 71.2 Å². The van der Waals surface area contributed by atoms with Crippen molar-refractivity contribution in [2.24, 2.45) is 0 Å². The number of hydrogen-bond donors (Lipinski definition) is 4. The van der Waals surface area contributed by atoms with Crippen LogP contribution in [-0.2, 0) is 38.7 Å². The number of aliphatic hydroxyl groups is 3. The predicted molar refractivity (Wildman–Crippen MR) is 275 cm³/mol. The third-order valence-corrected chi connectivity index (χ3v) is 13.4. The molecular weight excluding hydrogens is 885 g/mol. The molecule has 6 atom stereocenters. The summed E-state index contributed by atoms with van der Waals surface area (Å²) in [6.07, 6.45) is 44.6. The van der Waals surface area contributed by atoms with Crippen LogP contribution in [0.1, 0.15) is 245 Å². The molecule has 13 heteroatoms. The van der Waals surface area contributed by atoms with Crippen LogP contribution in [0.3, 0.4) is 0 Å². The molecular formula is C55H100O12S. The van der Waals surface area contributed by atoms with Gasteiger partial charge in [0.1, 0.15) is 36.8 Å². The van der Waals surface area contributed by atoms with Gasteiger partial charge in [-0.15, -0.1) is 0 Å². The third kappa shape index (κ3) is 38.6. The number of unbranched alkanes of at least 4 members (excludes halogenated alkanes) is 29. The molecule has 1 heterocycles. The summed E-state index contributed by atoms with van der Waals surface area (Å²) in [6, 6.07) is 0. The lowest BCUT2D eigenvalue weighted by Crippen LogP contribution is -2.60. The first kappa shape index (κ1) is 63.9. The van der Waals surface area contributed by atoms with Crippen molar-refractivity contribution in [1.29, 1.82) is 0 Å². The van der Waals surface area contributed by atoms with Gasteiger partial charge >= 0.3 is 11.9 Å². The average molecular weight is 985 g/mol. The highest BCUT2D eigenvalue weighted by atomic mass is 32.2. The number of aliphatic hydroxyl groups excluding tert-OH is 3. The molecule has 0 bridgehead atoms. The number of esters is 2. The Bertz CT molecular complexity index is 1380. The summed E-state index contributed by atoms with van der Waals surface area (Å²) < 4.78 is 54.3. The molecule has 0 aromatic heterocycles. The quantitative estimate of drug-likeness (QED) is 0.0196. The molecule has 12 nitrogen and oxygen atoms in total. The van der Waals surface area contributed by atoms with Gasteiger partial charge in [-0.25, -0.2) is 0 Å². The lowest BCUT2D eigenvalue weighted by Gasteiger charge is -2.40. The Balaban J connectivity index is 2.33. The third-order valence-electron chi connectivity index (χ3n) is 12.7. The molecule has 4 N–H and O–H groups in total. The fourth-order valence-corrected chi connectivity index (χ4v) is 9.10. The highest BCUT2D eigenvalue weighted by molar-refractivity contribution is 7.85. The van der Waals surface area contributed by atoms with Gasteiger partial charge in [0.05, 0.1) is 6.61 Å². The van der Waals surface area contributed by atoms with Crippen LogP contribution in [-0.4, -0.2) is 96.0 Å². The van der Waals surface area contributed by atoms with Crippen molar-refractivity contribution < 1.29 is 56.8 Å². The molecule has 1 saturated heterocycles. The molecule has 0 aromatic carbocycles. The number of hydrogen-bond acceptors (Lipinski definition) is 11. The molecule has 6 unspecified atom stereocenters. The summed E-state index contributed by atoms with van der Waals surface area (Å²) in [5, 5.41) is 31.0. The van der Waals surface area contributed by atoms with E-state index in [9.17, 15) is 37.9 Å². The molecule has 0 radical (unpaired) electrons. The Labute approximate surface area is 414 Å². The Hall–Kier alpha value is -2.13. The van der Waals surface area contributed by atoms with Gasteiger partial charge in [-0.2, -0.15) is 8.42 Å². The van der Waals surface area contributed by atoms with Gasteiger partial charge in [-0.1, -0.05) is 198 Å². The van der Waals surface area contributed by atoms with Gasteiger partial charge in [0.25, 0.3) is 10.1 Å². The van der Waals surface area contributed by atoms with Crippen LogP contribution >= 0.6 is 0 Å². The molecule has 0 spiro atoms. The highest BCUT2D eigenvalue weighted by Gasteiger charge is 2.46. The standard InChI is InChI=1S/C55H100O12S/c1-3-5-7-9-11-13-15-17-19-21-22-23-24-25-26-28-30-32-34-36-38-40-42-44-51(57)66-48(46-65-55-54(60)53(59)52(58)49(67-55)47-68(61,62)63)45-64-50(56)43-41-39-37-35-33-31-29-27-20-18-16-14-12-10-8-6-4-2/h15,17-18,20-22,48-49,52-55,58-60H,3-14,16,19,23-47H2,1-2H3,(H,61,62,63)/b17-15-,20-18-,22-21-. The summed E-state index contributed by atoms with van der Waals surface area (Å²) in [7, 11) is -4.61. The zero-order chi connectivity index (χ0) is 49.8. The highest BCUT2D eigenvalue weighted by Crippen LogP contribution is 2.24. The first-order valence-electron chi connectivity index (χ1n) is 27.5. The molecule has 1 rings (SSSR count). The molecule has 1 fully saturated rings. The lowest BCUT2D eigenvalue weighted by molar-refractivity contribution is -0.297. The summed E-state index contributed by atoms with van der Waals surface area (Å²) in [4.78, 5) is 25.6. The van der Waals surface area contributed by atoms with Crippen LogP contribution in [0.25, 0.3) is 0 Å². The number of allylic oxidation sites excluding steroid dienone is 6. The minimum absolute atomic E-state index is 0.162. The van der Waals surface area contributed by atoms with E-state index in [-0.39, 0.29) is 19.4 Å². The SMILES string of the molecule is CCCCCCC/C=C\C/C=C\CCCCCCCCCCCCCC(=O)OC(COC(=O)CCCCCCCCC/C=C\CCCCCCCC)COC1OC(CS(=O)(=O)O)C(O)C(O)C1O. The minimum Gasteiger partial charge on any atom is -0.462 e. The maximum absolute atomic E-state index is 12.9. The molecule has 1 aliphatic heterocycles. The van der Waals surface area contributed by atoms with Crippen molar-refractivity contribution in [2.45, 2.75) is 282 Å². The molecule has 68 heavy (non-hydrogen) atoms. The van der Waals surface area contributed by atoms with E-state index in [1.807, 2.05) is 0 Å². The van der Waals surface area contributed by atoms with Crippen LogP contribution in [0, 0.1) is 0 Å². The first-order valence-corrected chi connectivity index (χ1v) is 29.2. The Kier molecular flexibility index (Phi) is 42.1. The van der Waals surface area contributed by atoms with Gasteiger partial charge in [-0.05, 0) is 70.6 Å². The second kappa shape index (κ2) is 44.8. The largest absolute Gasteiger partial charge is 0.462 e. The zero-order valence-corrected chi connectivity index (χ0v) is 43.8. The normalized spacial score (nSPS) is 19.4. The van der Waals surface area contributed by atoms with Crippen LogP contribution in [0.15, 0.2) is 36.5 Å². The molecule has 0 amide bonds. The smallest absolute Gasteiger partial charge is 0.306 e. The predicted octanol–water partition coefficient (Wildman–Crippen LogP) is 12.9. The fourth-order valence-electron chi connectivity index (χ4n) is 8.41. The van der Waals surface area contributed by atoms with Gasteiger partial charge in [-0.3, -0.25) is 14.1 Å². The van der Waals surface area contributed by atoms with E-state index in [0.717, 1.165) is 57.8 Å². The van der Waals surface area contributed by atoms with E-state index >= 15 is 0 Å². The summed E-state index contributed by atoms with van der Waals surface area (Å²) in [6.45, 7) is 3.78. The lowest BCUT2D eigenvalue weighted by atomic mass is 10.00. The van der Waals surface area contributed by atoms with E-state index in [4.69, 9.17) is 18.9 Å². The number of carbonyl (C=O) groups is 2. The Morgan fingerprint density at radius 1 is 0.500 bits per heavy atom. The van der Waals surface area contributed by atoms with Crippen LogP contribution in [0.2, 0.25) is 0 Å². The first-order chi connectivity index (χ1) is 33.0. The van der Waals surface area contributed by atoms with Crippen LogP contribution in [0.4, 0.5) is 0 Å². The van der Waals surface area contributed by atoms with E-state index in [2.05, 4.69) is 50.3 Å². The van der Waals surface area contributed by atoms with Crippen molar-refractivity contribution in [3.05, 3.63) is 36.5 Å². The van der Waals surface area contributed by atoms with Gasteiger partial charge < -0.3 is 34.3 Å². The number of carbonyl (C=O) groups excluding carboxylic acids is 2. The maximum Gasteiger partial charge on any atom is 0.306 e. The van der Waals surface area contributed by atoms with Crippen molar-refractivity contribution in [3.8, 4) is 0 Å². The van der Waals surface area contributed by atoms with Gasteiger partial charge in [0.15, 0.2) is 12.4 Å². The van der Waals surface area contributed by atoms with Crippen molar-refractivity contribution in [3.63, 3.8) is 0 Å². The molecule has 398 valence electrons. The molecule has 0 aliphatic carbocycles. The van der Waals surface area contributed by atoms with Gasteiger partial charge in [0, 0.05) is 12.8 Å². The van der Waals surface area contributed by atoms with E-state index in [0.29, 0.717) is 12.8 Å². The molecule has 1 aliphatic rings. The summed E-state index contributed by atoms with van der Waals surface area (Å²) in [5.74, 6) is -1.98. The van der Waals surface area contributed by atoms with Crippen molar-refractivity contribution in [2.75, 3.05) is 19.0 Å². The number of ether oxygens (including phenoxy) is 4. The van der Waals surface area contributed by atoms with E-state index in [1.54, 1.807) is 0 Å².